The highest BCUT2D eigenvalue weighted by molar-refractivity contribution is 9.10. The van der Waals surface area contributed by atoms with Crippen LogP contribution in [0.5, 0.6) is 0 Å². The molecule has 1 aromatic heterocycles. The number of carbonyl (C=O) groups is 1. The molecule has 16 heavy (non-hydrogen) atoms. The van der Waals surface area contributed by atoms with Crippen LogP contribution < -0.4 is 5.32 Å². The summed E-state index contributed by atoms with van der Waals surface area (Å²) in [4.78, 5) is 16.0. The molecular formula is C12H17BrN2O. The van der Waals surface area contributed by atoms with Crippen molar-refractivity contribution in [1.82, 2.24) is 10.3 Å². The van der Waals surface area contributed by atoms with Gasteiger partial charge in [0.15, 0.2) is 0 Å². The zero-order chi connectivity index (χ0) is 12.3. The minimum atomic E-state index is -0.0950. The number of amides is 1. The third-order valence-corrected chi connectivity index (χ3v) is 3.28. The van der Waals surface area contributed by atoms with Crippen LogP contribution in [0.4, 0.5) is 0 Å². The maximum Gasteiger partial charge on any atom is 0.254 e. The maximum atomic E-state index is 11.9. The number of carbonyl (C=O) groups excluding carboxylic acids is 1. The Morgan fingerprint density at radius 1 is 1.50 bits per heavy atom. The fraction of sp³-hybridized carbons (Fsp3) is 0.500. The summed E-state index contributed by atoms with van der Waals surface area (Å²) in [6, 6.07) is 3.61. The number of hydrogen-bond acceptors (Lipinski definition) is 2. The van der Waals surface area contributed by atoms with Gasteiger partial charge in [-0.25, -0.2) is 4.98 Å². The summed E-state index contributed by atoms with van der Waals surface area (Å²) < 4.78 is 0.577. The van der Waals surface area contributed by atoms with E-state index in [2.05, 4.69) is 47.0 Å². The van der Waals surface area contributed by atoms with Gasteiger partial charge < -0.3 is 5.32 Å². The molecule has 1 atom stereocenters. The van der Waals surface area contributed by atoms with Crippen molar-refractivity contribution in [2.75, 3.05) is 0 Å². The van der Waals surface area contributed by atoms with Crippen molar-refractivity contribution < 1.29 is 4.79 Å². The minimum Gasteiger partial charge on any atom is -0.349 e. The predicted molar refractivity (Wildman–Crippen MR) is 68.3 cm³/mol. The Morgan fingerprint density at radius 2 is 2.12 bits per heavy atom. The van der Waals surface area contributed by atoms with E-state index in [0.717, 1.165) is 0 Å². The van der Waals surface area contributed by atoms with Gasteiger partial charge in [0.25, 0.3) is 5.91 Å². The summed E-state index contributed by atoms with van der Waals surface area (Å²) in [6.07, 6.45) is 1.65. The van der Waals surface area contributed by atoms with E-state index in [1.54, 1.807) is 18.3 Å². The van der Waals surface area contributed by atoms with E-state index in [1.807, 2.05) is 6.92 Å². The van der Waals surface area contributed by atoms with Crippen LogP contribution in [0.2, 0.25) is 0 Å². The first-order valence-corrected chi connectivity index (χ1v) is 6.03. The second-order valence-electron chi connectivity index (χ2n) is 4.90. The van der Waals surface area contributed by atoms with Crippen LogP contribution in [0.25, 0.3) is 0 Å². The molecule has 0 spiro atoms. The van der Waals surface area contributed by atoms with E-state index >= 15 is 0 Å². The average molecular weight is 285 g/mol. The third kappa shape index (κ3) is 3.30. The van der Waals surface area contributed by atoms with E-state index < -0.39 is 0 Å². The van der Waals surface area contributed by atoms with Gasteiger partial charge >= 0.3 is 0 Å². The SMILES string of the molecule is CC(NC(=O)c1cccnc1Br)C(C)(C)C. The van der Waals surface area contributed by atoms with Crippen LogP contribution in [-0.2, 0) is 0 Å². The van der Waals surface area contributed by atoms with Crippen LogP contribution in [-0.4, -0.2) is 16.9 Å². The van der Waals surface area contributed by atoms with Crippen LogP contribution in [0, 0.1) is 5.41 Å². The number of aromatic nitrogens is 1. The molecular weight excluding hydrogens is 268 g/mol. The Kier molecular flexibility index (Phi) is 4.08. The fourth-order valence-electron chi connectivity index (χ4n) is 1.05. The van der Waals surface area contributed by atoms with E-state index in [1.165, 1.54) is 0 Å². The topological polar surface area (TPSA) is 42.0 Å². The summed E-state index contributed by atoms with van der Waals surface area (Å²) in [6.45, 7) is 8.28. The van der Waals surface area contributed by atoms with Crippen molar-refractivity contribution in [3.8, 4) is 0 Å². The number of pyridine rings is 1. The minimum absolute atomic E-state index is 0.0460. The average Bonchev–Trinajstić information content (AvgIpc) is 2.16. The molecule has 0 aromatic carbocycles. The van der Waals surface area contributed by atoms with Crippen molar-refractivity contribution in [1.29, 1.82) is 0 Å². The van der Waals surface area contributed by atoms with Gasteiger partial charge in [-0.3, -0.25) is 4.79 Å². The Labute approximate surface area is 105 Å². The molecule has 4 heteroatoms. The second-order valence-corrected chi connectivity index (χ2v) is 5.65. The lowest BCUT2D eigenvalue weighted by molar-refractivity contribution is 0.0909. The molecule has 0 radical (unpaired) electrons. The van der Waals surface area contributed by atoms with Crippen molar-refractivity contribution in [3.63, 3.8) is 0 Å². The van der Waals surface area contributed by atoms with Gasteiger partial charge in [-0.15, -0.1) is 0 Å². The zero-order valence-corrected chi connectivity index (χ0v) is 11.6. The molecule has 1 heterocycles. The number of hydrogen-bond donors (Lipinski definition) is 1. The molecule has 0 aliphatic heterocycles. The van der Waals surface area contributed by atoms with Crippen LogP contribution >= 0.6 is 15.9 Å². The highest BCUT2D eigenvalue weighted by atomic mass is 79.9. The number of rotatable bonds is 2. The van der Waals surface area contributed by atoms with E-state index in [9.17, 15) is 4.79 Å². The highest BCUT2D eigenvalue weighted by Gasteiger charge is 2.22. The van der Waals surface area contributed by atoms with Crippen LogP contribution in [0.15, 0.2) is 22.9 Å². The number of halogens is 1. The smallest absolute Gasteiger partial charge is 0.254 e. The van der Waals surface area contributed by atoms with Crippen molar-refractivity contribution >= 4 is 21.8 Å². The number of nitrogens with zero attached hydrogens (tertiary/aromatic N) is 1. The molecule has 0 fully saturated rings. The molecule has 88 valence electrons. The molecule has 1 amide bonds. The largest absolute Gasteiger partial charge is 0.349 e. The Balaban J connectivity index is 2.78. The monoisotopic (exact) mass is 284 g/mol. The lowest BCUT2D eigenvalue weighted by Gasteiger charge is -2.28. The predicted octanol–water partition coefficient (Wildman–Crippen LogP) is 3.01. The van der Waals surface area contributed by atoms with Gasteiger partial charge in [-0.2, -0.15) is 0 Å². The summed E-state index contributed by atoms with van der Waals surface area (Å²) in [5, 5.41) is 2.97. The molecule has 1 N–H and O–H groups in total. The lowest BCUT2D eigenvalue weighted by atomic mass is 9.88. The van der Waals surface area contributed by atoms with Gasteiger partial charge in [0.2, 0.25) is 0 Å². The molecule has 0 aliphatic carbocycles. The van der Waals surface area contributed by atoms with E-state index in [0.29, 0.717) is 10.2 Å². The molecule has 0 saturated heterocycles. The molecule has 1 unspecified atom stereocenters. The third-order valence-electron chi connectivity index (χ3n) is 2.65. The first-order chi connectivity index (χ1) is 7.32. The van der Waals surface area contributed by atoms with Gasteiger partial charge in [0.05, 0.1) is 5.56 Å². The quantitative estimate of drug-likeness (QED) is 0.849. The molecule has 0 bridgehead atoms. The van der Waals surface area contributed by atoms with Crippen molar-refractivity contribution in [2.45, 2.75) is 33.7 Å². The summed E-state index contributed by atoms with van der Waals surface area (Å²) >= 11 is 3.27. The molecule has 1 aromatic rings. The second kappa shape index (κ2) is 4.95. The summed E-state index contributed by atoms with van der Waals surface area (Å²) in [7, 11) is 0. The van der Waals surface area contributed by atoms with Gasteiger partial charge in [0, 0.05) is 12.2 Å². The molecule has 0 saturated carbocycles. The molecule has 1 rings (SSSR count). The molecule has 3 nitrogen and oxygen atoms in total. The lowest BCUT2D eigenvalue weighted by Crippen LogP contribution is -2.41. The Hall–Kier alpha value is -0.900. The Morgan fingerprint density at radius 3 is 2.62 bits per heavy atom. The summed E-state index contributed by atoms with van der Waals surface area (Å²) in [5.74, 6) is -0.0950. The van der Waals surface area contributed by atoms with Crippen LogP contribution in [0.1, 0.15) is 38.1 Å². The van der Waals surface area contributed by atoms with E-state index in [4.69, 9.17) is 0 Å². The van der Waals surface area contributed by atoms with E-state index in [-0.39, 0.29) is 17.4 Å². The van der Waals surface area contributed by atoms with Crippen molar-refractivity contribution in [3.05, 3.63) is 28.5 Å². The fourth-order valence-corrected chi connectivity index (χ4v) is 1.48. The van der Waals surface area contributed by atoms with Gasteiger partial charge in [-0.05, 0) is 40.4 Å². The molecule has 0 aliphatic rings. The summed E-state index contributed by atoms with van der Waals surface area (Å²) in [5.41, 5.74) is 0.614. The first kappa shape index (κ1) is 13.2. The zero-order valence-electron chi connectivity index (χ0n) is 10.0. The standard InChI is InChI=1S/C12H17BrN2O/c1-8(12(2,3)4)15-11(16)9-6-5-7-14-10(9)13/h5-8H,1-4H3,(H,15,16). The van der Waals surface area contributed by atoms with Crippen molar-refractivity contribution in [2.24, 2.45) is 5.41 Å². The normalized spacial score (nSPS) is 13.3. The van der Waals surface area contributed by atoms with Crippen LogP contribution in [0.3, 0.4) is 0 Å². The maximum absolute atomic E-state index is 11.9. The number of nitrogens with one attached hydrogen (secondary N) is 1. The highest BCUT2D eigenvalue weighted by Crippen LogP contribution is 2.20. The Bertz CT molecular complexity index is 385. The van der Waals surface area contributed by atoms with Gasteiger partial charge in [0.1, 0.15) is 4.60 Å². The van der Waals surface area contributed by atoms with Gasteiger partial charge in [-0.1, -0.05) is 20.8 Å². The first-order valence-electron chi connectivity index (χ1n) is 5.23.